The van der Waals surface area contributed by atoms with Crippen LogP contribution in [0.3, 0.4) is 0 Å². The van der Waals surface area contributed by atoms with Gasteiger partial charge in [0.05, 0.1) is 6.21 Å². The maximum absolute atomic E-state index is 12.0. The molecule has 0 heterocycles. The maximum Gasteiger partial charge on any atom is 0.267 e. The summed E-state index contributed by atoms with van der Waals surface area (Å²) in [6.45, 7) is 3.62. The second kappa shape index (κ2) is 7.61. The zero-order valence-corrected chi connectivity index (χ0v) is 13.2. The van der Waals surface area contributed by atoms with Crippen LogP contribution in [0.4, 0.5) is 5.69 Å². The van der Waals surface area contributed by atoms with E-state index in [1.54, 1.807) is 37.4 Å². The topological polar surface area (TPSA) is 50.7 Å². The molecule has 0 unspecified atom stereocenters. The molecule has 2 aromatic carbocycles. The van der Waals surface area contributed by atoms with Gasteiger partial charge in [0.25, 0.3) is 5.91 Å². The SMILES string of the molecule is Cc1ccccc1/C=N\O[C@H](C)C(=O)Nc1cccc(Cl)c1. The van der Waals surface area contributed by atoms with E-state index in [0.29, 0.717) is 10.7 Å². The Bertz CT molecular complexity index is 686. The van der Waals surface area contributed by atoms with Crippen LogP contribution in [-0.4, -0.2) is 18.2 Å². The number of nitrogens with one attached hydrogen (secondary N) is 1. The van der Waals surface area contributed by atoms with E-state index in [-0.39, 0.29) is 5.91 Å². The standard InChI is InChI=1S/C17H17ClN2O2/c1-12-6-3-4-7-14(12)11-19-22-13(2)17(21)20-16-9-5-8-15(18)10-16/h3-11,13H,1-2H3,(H,20,21)/b19-11-/t13-/m1/s1. The zero-order chi connectivity index (χ0) is 15.9. The van der Waals surface area contributed by atoms with E-state index in [9.17, 15) is 4.79 Å². The molecular formula is C17H17ClN2O2. The zero-order valence-electron chi connectivity index (χ0n) is 12.4. The second-order valence-electron chi connectivity index (χ2n) is 4.84. The highest BCUT2D eigenvalue weighted by Crippen LogP contribution is 2.15. The van der Waals surface area contributed by atoms with Crippen molar-refractivity contribution in [3.63, 3.8) is 0 Å². The highest BCUT2D eigenvalue weighted by atomic mass is 35.5. The number of carbonyl (C=O) groups is 1. The molecule has 1 amide bonds. The van der Waals surface area contributed by atoms with Gasteiger partial charge in [0.15, 0.2) is 0 Å². The first kappa shape index (κ1) is 16.0. The summed E-state index contributed by atoms with van der Waals surface area (Å²) >= 11 is 5.87. The normalized spacial score (nSPS) is 12.1. The van der Waals surface area contributed by atoms with Crippen molar-refractivity contribution < 1.29 is 9.63 Å². The van der Waals surface area contributed by atoms with Crippen molar-refractivity contribution in [3.8, 4) is 0 Å². The fourth-order valence-electron chi connectivity index (χ4n) is 1.77. The summed E-state index contributed by atoms with van der Waals surface area (Å²) in [5.74, 6) is -0.288. The fraction of sp³-hybridized carbons (Fsp3) is 0.176. The largest absolute Gasteiger partial charge is 0.383 e. The number of carbonyl (C=O) groups excluding carboxylic acids is 1. The van der Waals surface area contributed by atoms with Gasteiger partial charge in [-0.1, -0.05) is 47.1 Å². The minimum absolute atomic E-state index is 0.288. The number of rotatable bonds is 5. The number of hydrogen-bond acceptors (Lipinski definition) is 3. The van der Waals surface area contributed by atoms with Crippen LogP contribution < -0.4 is 5.32 Å². The van der Waals surface area contributed by atoms with Gasteiger partial charge in [-0.05, 0) is 43.2 Å². The molecule has 0 aromatic heterocycles. The molecule has 114 valence electrons. The molecule has 0 saturated heterocycles. The number of amides is 1. The minimum Gasteiger partial charge on any atom is -0.383 e. The van der Waals surface area contributed by atoms with Gasteiger partial charge in [-0.2, -0.15) is 0 Å². The van der Waals surface area contributed by atoms with Crippen molar-refractivity contribution in [1.29, 1.82) is 0 Å². The van der Waals surface area contributed by atoms with Crippen LogP contribution in [0.15, 0.2) is 53.7 Å². The highest BCUT2D eigenvalue weighted by Gasteiger charge is 2.14. The third kappa shape index (κ3) is 4.60. The monoisotopic (exact) mass is 316 g/mol. The third-order valence-electron chi connectivity index (χ3n) is 3.06. The first-order chi connectivity index (χ1) is 10.6. The predicted octanol–water partition coefficient (Wildman–Crippen LogP) is 4.03. The van der Waals surface area contributed by atoms with E-state index in [2.05, 4.69) is 10.5 Å². The Balaban J connectivity index is 1.90. The molecule has 0 aliphatic carbocycles. The molecule has 22 heavy (non-hydrogen) atoms. The molecule has 5 heteroatoms. The molecule has 4 nitrogen and oxygen atoms in total. The average molecular weight is 317 g/mol. The maximum atomic E-state index is 12.0. The van der Waals surface area contributed by atoms with Crippen molar-refractivity contribution in [3.05, 3.63) is 64.7 Å². The quantitative estimate of drug-likeness (QED) is 0.669. The molecule has 1 N–H and O–H groups in total. The number of nitrogens with zero attached hydrogens (tertiary/aromatic N) is 1. The van der Waals surface area contributed by atoms with Gasteiger partial charge in [0.2, 0.25) is 6.10 Å². The Morgan fingerprint density at radius 3 is 2.77 bits per heavy atom. The summed E-state index contributed by atoms with van der Waals surface area (Å²) in [4.78, 5) is 17.2. The predicted molar refractivity (Wildman–Crippen MR) is 89.4 cm³/mol. The molecule has 0 aliphatic heterocycles. The van der Waals surface area contributed by atoms with Gasteiger partial charge in [-0.15, -0.1) is 0 Å². The van der Waals surface area contributed by atoms with Crippen molar-refractivity contribution in [2.24, 2.45) is 5.16 Å². The lowest BCUT2D eigenvalue weighted by molar-refractivity contribution is -0.126. The lowest BCUT2D eigenvalue weighted by Gasteiger charge is -2.10. The molecule has 1 atom stereocenters. The smallest absolute Gasteiger partial charge is 0.267 e. The number of benzene rings is 2. The summed E-state index contributed by atoms with van der Waals surface area (Å²) in [5.41, 5.74) is 2.66. The molecule has 0 bridgehead atoms. The van der Waals surface area contributed by atoms with Gasteiger partial charge in [0, 0.05) is 10.7 Å². The van der Waals surface area contributed by atoms with Gasteiger partial charge in [-0.3, -0.25) is 4.79 Å². The lowest BCUT2D eigenvalue weighted by Crippen LogP contribution is -2.26. The number of oxime groups is 1. The number of halogens is 1. The van der Waals surface area contributed by atoms with E-state index in [1.807, 2.05) is 31.2 Å². The molecule has 0 saturated carbocycles. The number of aryl methyl sites for hydroxylation is 1. The van der Waals surface area contributed by atoms with Crippen LogP contribution in [0, 0.1) is 6.92 Å². The fourth-order valence-corrected chi connectivity index (χ4v) is 1.96. The summed E-state index contributed by atoms with van der Waals surface area (Å²) < 4.78 is 0. The Kier molecular flexibility index (Phi) is 5.55. The van der Waals surface area contributed by atoms with Crippen LogP contribution >= 0.6 is 11.6 Å². The van der Waals surface area contributed by atoms with Crippen molar-refractivity contribution in [1.82, 2.24) is 0 Å². The van der Waals surface area contributed by atoms with Crippen molar-refractivity contribution in [2.75, 3.05) is 5.32 Å². The number of hydrogen-bond donors (Lipinski definition) is 1. The van der Waals surface area contributed by atoms with Gasteiger partial charge in [-0.25, -0.2) is 0 Å². The second-order valence-corrected chi connectivity index (χ2v) is 5.27. The summed E-state index contributed by atoms with van der Waals surface area (Å²) in [5, 5.41) is 7.15. The first-order valence-corrected chi connectivity index (χ1v) is 7.25. The van der Waals surface area contributed by atoms with Crippen LogP contribution in [0.1, 0.15) is 18.1 Å². The lowest BCUT2D eigenvalue weighted by atomic mass is 10.1. The van der Waals surface area contributed by atoms with E-state index < -0.39 is 6.10 Å². The molecule has 2 rings (SSSR count). The third-order valence-corrected chi connectivity index (χ3v) is 3.30. The van der Waals surface area contributed by atoms with Crippen molar-refractivity contribution >= 4 is 29.4 Å². The first-order valence-electron chi connectivity index (χ1n) is 6.87. The minimum atomic E-state index is -0.709. The van der Waals surface area contributed by atoms with E-state index in [4.69, 9.17) is 16.4 Å². The molecule has 0 radical (unpaired) electrons. The average Bonchev–Trinajstić information content (AvgIpc) is 2.49. The molecule has 0 aliphatic rings. The highest BCUT2D eigenvalue weighted by molar-refractivity contribution is 6.30. The molecule has 0 fully saturated rings. The van der Waals surface area contributed by atoms with Gasteiger partial charge < -0.3 is 10.2 Å². The van der Waals surface area contributed by atoms with Crippen LogP contribution in [0.25, 0.3) is 0 Å². The number of anilines is 1. The molecule has 0 spiro atoms. The van der Waals surface area contributed by atoms with Gasteiger partial charge >= 0.3 is 0 Å². The Hall–Kier alpha value is -2.33. The van der Waals surface area contributed by atoms with E-state index in [0.717, 1.165) is 11.1 Å². The van der Waals surface area contributed by atoms with Gasteiger partial charge in [0.1, 0.15) is 0 Å². The Morgan fingerprint density at radius 1 is 1.27 bits per heavy atom. The summed E-state index contributed by atoms with van der Waals surface area (Å²) in [6, 6.07) is 14.7. The van der Waals surface area contributed by atoms with E-state index >= 15 is 0 Å². The molecule has 2 aromatic rings. The Morgan fingerprint density at radius 2 is 2.05 bits per heavy atom. The summed E-state index contributed by atoms with van der Waals surface area (Å²) in [7, 11) is 0. The van der Waals surface area contributed by atoms with Crippen LogP contribution in [0.2, 0.25) is 5.02 Å². The summed E-state index contributed by atoms with van der Waals surface area (Å²) in [6.07, 6.45) is 0.887. The van der Waals surface area contributed by atoms with Crippen molar-refractivity contribution in [2.45, 2.75) is 20.0 Å². The van der Waals surface area contributed by atoms with Crippen LogP contribution in [-0.2, 0) is 9.63 Å². The van der Waals surface area contributed by atoms with Crippen LogP contribution in [0.5, 0.6) is 0 Å². The van der Waals surface area contributed by atoms with E-state index in [1.165, 1.54) is 0 Å². The molecular weight excluding hydrogens is 300 g/mol. The Labute approximate surface area is 134 Å².